The Morgan fingerprint density at radius 3 is 2.63 bits per heavy atom. The summed E-state index contributed by atoms with van der Waals surface area (Å²) in [6, 6.07) is 5.58. The van der Waals surface area contributed by atoms with Crippen molar-refractivity contribution in [2.24, 2.45) is 0 Å². The molecule has 0 saturated heterocycles. The van der Waals surface area contributed by atoms with Gasteiger partial charge in [0.15, 0.2) is 0 Å². The van der Waals surface area contributed by atoms with Gasteiger partial charge in [-0.05, 0) is 48.9 Å². The first-order valence-corrected chi connectivity index (χ1v) is 7.21. The Morgan fingerprint density at radius 2 is 2.05 bits per heavy atom. The van der Waals surface area contributed by atoms with E-state index in [4.69, 9.17) is 21.4 Å². The molecule has 0 aliphatic rings. The van der Waals surface area contributed by atoms with E-state index in [2.05, 4.69) is 13.8 Å². The van der Waals surface area contributed by atoms with Crippen LogP contribution in [0.2, 0.25) is 5.02 Å². The molecule has 0 radical (unpaired) electrons. The first kappa shape index (κ1) is 16.3. The van der Waals surface area contributed by atoms with Crippen LogP contribution in [-0.4, -0.2) is 29.5 Å². The summed E-state index contributed by atoms with van der Waals surface area (Å²) in [6.45, 7) is 4.55. The summed E-state index contributed by atoms with van der Waals surface area (Å²) in [5.41, 5.74) is 1.01. The maximum absolute atomic E-state index is 9.63. The standard InChI is InChI=1S/C15H23ClO3/c1-3-7-19-15-6-5-12(16)9-14(15)11(4-2)8-13(18)10-17/h5-6,9,11,13,17-18H,3-4,7-8,10H2,1-2H3. The molecule has 0 aliphatic carbocycles. The second-order valence-electron chi connectivity index (χ2n) is 4.71. The summed E-state index contributed by atoms with van der Waals surface area (Å²) in [6.07, 6.45) is 1.61. The molecule has 3 nitrogen and oxygen atoms in total. The molecule has 0 saturated carbocycles. The largest absolute Gasteiger partial charge is 0.493 e. The van der Waals surface area contributed by atoms with Crippen LogP contribution in [0.3, 0.4) is 0 Å². The second-order valence-corrected chi connectivity index (χ2v) is 5.14. The molecular weight excluding hydrogens is 264 g/mol. The van der Waals surface area contributed by atoms with Gasteiger partial charge in [0, 0.05) is 5.02 Å². The van der Waals surface area contributed by atoms with Crippen molar-refractivity contribution in [1.82, 2.24) is 0 Å². The van der Waals surface area contributed by atoms with E-state index in [1.165, 1.54) is 0 Å². The molecule has 1 aromatic rings. The number of ether oxygens (including phenoxy) is 1. The highest BCUT2D eigenvalue weighted by molar-refractivity contribution is 6.30. The van der Waals surface area contributed by atoms with Gasteiger partial charge in [0.2, 0.25) is 0 Å². The Bertz CT molecular complexity index is 382. The molecule has 1 rings (SSSR count). The highest BCUT2D eigenvalue weighted by atomic mass is 35.5. The monoisotopic (exact) mass is 286 g/mol. The van der Waals surface area contributed by atoms with Crippen LogP contribution in [0.4, 0.5) is 0 Å². The van der Waals surface area contributed by atoms with Gasteiger partial charge in [0.1, 0.15) is 5.75 Å². The van der Waals surface area contributed by atoms with Crippen molar-refractivity contribution in [2.75, 3.05) is 13.2 Å². The highest BCUT2D eigenvalue weighted by Gasteiger charge is 2.18. The molecule has 0 fully saturated rings. The maximum atomic E-state index is 9.63. The number of hydrogen-bond donors (Lipinski definition) is 2. The number of aliphatic hydroxyl groups excluding tert-OH is 2. The molecule has 0 aromatic heterocycles. The third-order valence-electron chi connectivity index (χ3n) is 3.13. The summed E-state index contributed by atoms with van der Waals surface area (Å²) >= 11 is 6.05. The van der Waals surface area contributed by atoms with Gasteiger partial charge in [-0.25, -0.2) is 0 Å². The molecule has 0 heterocycles. The minimum atomic E-state index is -0.706. The molecule has 108 valence electrons. The van der Waals surface area contributed by atoms with Crippen molar-refractivity contribution < 1.29 is 14.9 Å². The van der Waals surface area contributed by atoms with Gasteiger partial charge in [-0.1, -0.05) is 25.4 Å². The summed E-state index contributed by atoms with van der Waals surface area (Å²) in [7, 11) is 0. The first-order chi connectivity index (χ1) is 9.12. The van der Waals surface area contributed by atoms with E-state index in [0.717, 1.165) is 24.2 Å². The summed E-state index contributed by atoms with van der Waals surface area (Å²) in [5.74, 6) is 0.955. The lowest BCUT2D eigenvalue weighted by Crippen LogP contribution is -2.16. The number of rotatable bonds is 8. The van der Waals surface area contributed by atoms with Crippen molar-refractivity contribution in [3.8, 4) is 5.75 Å². The number of benzene rings is 1. The van der Waals surface area contributed by atoms with Crippen LogP contribution in [0.25, 0.3) is 0 Å². The quantitative estimate of drug-likeness (QED) is 0.770. The van der Waals surface area contributed by atoms with Gasteiger partial charge in [0.25, 0.3) is 0 Å². The van der Waals surface area contributed by atoms with E-state index in [9.17, 15) is 5.11 Å². The fraction of sp³-hybridized carbons (Fsp3) is 0.600. The van der Waals surface area contributed by atoms with Crippen LogP contribution >= 0.6 is 11.6 Å². The topological polar surface area (TPSA) is 49.7 Å². The first-order valence-electron chi connectivity index (χ1n) is 6.83. The maximum Gasteiger partial charge on any atom is 0.122 e. The minimum absolute atomic E-state index is 0.132. The Balaban J connectivity index is 2.95. The smallest absolute Gasteiger partial charge is 0.122 e. The molecule has 2 N–H and O–H groups in total. The van der Waals surface area contributed by atoms with Gasteiger partial charge in [-0.15, -0.1) is 0 Å². The number of aliphatic hydroxyl groups is 2. The van der Waals surface area contributed by atoms with Crippen LogP contribution in [0, 0.1) is 0 Å². The Kier molecular flexibility index (Phi) is 7.21. The van der Waals surface area contributed by atoms with E-state index in [1.807, 2.05) is 18.2 Å². The lowest BCUT2D eigenvalue weighted by Gasteiger charge is -2.21. The predicted octanol–water partition coefficient (Wildman–Crippen LogP) is 3.37. The zero-order valence-corrected chi connectivity index (χ0v) is 12.4. The van der Waals surface area contributed by atoms with Gasteiger partial charge in [-0.2, -0.15) is 0 Å². The lowest BCUT2D eigenvalue weighted by atomic mass is 9.90. The van der Waals surface area contributed by atoms with Crippen molar-refractivity contribution in [2.45, 2.75) is 45.1 Å². The van der Waals surface area contributed by atoms with Crippen LogP contribution in [0.1, 0.15) is 44.6 Å². The normalized spacial score (nSPS) is 14.2. The van der Waals surface area contributed by atoms with Crippen LogP contribution < -0.4 is 4.74 Å². The number of hydrogen-bond acceptors (Lipinski definition) is 3. The Labute approximate surface area is 120 Å². The third kappa shape index (κ3) is 5.01. The SMILES string of the molecule is CCCOc1ccc(Cl)cc1C(CC)CC(O)CO. The molecule has 0 amide bonds. The van der Waals surface area contributed by atoms with Crippen molar-refractivity contribution in [3.63, 3.8) is 0 Å². The average molecular weight is 287 g/mol. The van der Waals surface area contributed by atoms with E-state index in [0.29, 0.717) is 18.1 Å². The van der Waals surface area contributed by atoms with Crippen LogP contribution in [-0.2, 0) is 0 Å². The van der Waals surface area contributed by atoms with E-state index in [-0.39, 0.29) is 12.5 Å². The highest BCUT2D eigenvalue weighted by Crippen LogP contribution is 2.34. The number of halogens is 1. The Morgan fingerprint density at radius 1 is 1.32 bits per heavy atom. The summed E-state index contributed by atoms with van der Waals surface area (Å²) < 4.78 is 5.74. The van der Waals surface area contributed by atoms with Gasteiger partial charge < -0.3 is 14.9 Å². The lowest BCUT2D eigenvalue weighted by molar-refractivity contribution is 0.0814. The zero-order valence-electron chi connectivity index (χ0n) is 11.6. The summed E-state index contributed by atoms with van der Waals surface area (Å²) in [4.78, 5) is 0. The van der Waals surface area contributed by atoms with Crippen molar-refractivity contribution in [1.29, 1.82) is 0 Å². The molecular formula is C15H23ClO3. The molecule has 2 unspecified atom stereocenters. The molecule has 4 heteroatoms. The molecule has 19 heavy (non-hydrogen) atoms. The van der Waals surface area contributed by atoms with Crippen LogP contribution in [0.5, 0.6) is 5.75 Å². The molecule has 0 bridgehead atoms. The van der Waals surface area contributed by atoms with Gasteiger partial charge in [0.05, 0.1) is 19.3 Å². The van der Waals surface area contributed by atoms with Crippen LogP contribution in [0.15, 0.2) is 18.2 Å². The summed E-state index contributed by atoms with van der Waals surface area (Å²) in [5, 5.41) is 19.3. The molecule has 2 atom stereocenters. The zero-order chi connectivity index (χ0) is 14.3. The third-order valence-corrected chi connectivity index (χ3v) is 3.37. The van der Waals surface area contributed by atoms with Gasteiger partial charge in [-0.3, -0.25) is 0 Å². The molecule has 1 aromatic carbocycles. The second kappa shape index (κ2) is 8.41. The van der Waals surface area contributed by atoms with Gasteiger partial charge >= 0.3 is 0 Å². The van der Waals surface area contributed by atoms with E-state index in [1.54, 1.807) is 0 Å². The molecule has 0 aliphatic heterocycles. The molecule has 0 spiro atoms. The average Bonchev–Trinajstić information content (AvgIpc) is 2.43. The fourth-order valence-corrected chi connectivity index (χ4v) is 2.28. The minimum Gasteiger partial charge on any atom is -0.493 e. The van der Waals surface area contributed by atoms with Crippen molar-refractivity contribution in [3.05, 3.63) is 28.8 Å². The van der Waals surface area contributed by atoms with E-state index < -0.39 is 6.10 Å². The fourth-order valence-electron chi connectivity index (χ4n) is 2.10. The van der Waals surface area contributed by atoms with Crippen molar-refractivity contribution >= 4 is 11.6 Å². The predicted molar refractivity (Wildman–Crippen MR) is 78.0 cm³/mol. The van der Waals surface area contributed by atoms with E-state index >= 15 is 0 Å². The Hall–Kier alpha value is -0.770.